The van der Waals surface area contributed by atoms with Crippen LogP contribution in [0, 0.1) is 0 Å². The largest absolute Gasteiger partial charge is 0.374 e. The van der Waals surface area contributed by atoms with Gasteiger partial charge in [0.25, 0.3) is 0 Å². The molecule has 1 heterocycles. The first kappa shape index (κ1) is 16.5. The zero-order valence-corrected chi connectivity index (χ0v) is 13.9. The Morgan fingerprint density at radius 3 is 2.48 bits per heavy atom. The normalized spacial score (nSPS) is 21.7. The van der Waals surface area contributed by atoms with E-state index in [0.717, 1.165) is 32.7 Å². The van der Waals surface area contributed by atoms with Crippen molar-refractivity contribution in [3.8, 4) is 0 Å². The second kappa shape index (κ2) is 7.92. The molecular formula is C18H30N2O. The third-order valence-electron chi connectivity index (χ3n) is 4.24. The number of nitrogens with one attached hydrogen (secondary N) is 1. The van der Waals surface area contributed by atoms with Gasteiger partial charge in [-0.05, 0) is 37.1 Å². The van der Waals surface area contributed by atoms with E-state index in [9.17, 15) is 0 Å². The molecule has 2 unspecified atom stereocenters. The van der Waals surface area contributed by atoms with Crippen LogP contribution in [0.15, 0.2) is 24.3 Å². The Kier molecular flexibility index (Phi) is 6.22. The molecule has 1 aliphatic rings. The van der Waals surface area contributed by atoms with E-state index in [1.165, 1.54) is 11.1 Å². The van der Waals surface area contributed by atoms with E-state index in [2.05, 4.69) is 62.3 Å². The van der Waals surface area contributed by atoms with Crippen LogP contribution in [0.25, 0.3) is 0 Å². The minimum atomic E-state index is 0.236. The Bertz CT molecular complexity index is 416. The van der Waals surface area contributed by atoms with Gasteiger partial charge in [-0.25, -0.2) is 0 Å². The van der Waals surface area contributed by atoms with E-state index in [1.54, 1.807) is 0 Å². The standard InChI is InChI=1S/C18H30N2O/c1-5-10-19-18(17-13-20(4)11-12-21-17)16-8-6-15(7-9-16)14(2)3/h6-9,14,17-19H,5,10-13H2,1-4H3. The molecule has 0 aliphatic carbocycles. The molecule has 21 heavy (non-hydrogen) atoms. The van der Waals surface area contributed by atoms with Crippen LogP contribution in [-0.2, 0) is 4.74 Å². The van der Waals surface area contributed by atoms with E-state index in [-0.39, 0.29) is 12.1 Å². The Balaban J connectivity index is 2.14. The highest BCUT2D eigenvalue weighted by Gasteiger charge is 2.27. The summed E-state index contributed by atoms with van der Waals surface area (Å²) >= 11 is 0. The average molecular weight is 290 g/mol. The molecule has 0 saturated carbocycles. The highest BCUT2D eigenvalue weighted by molar-refractivity contribution is 5.27. The van der Waals surface area contributed by atoms with Gasteiger partial charge in [0.1, 0.15) is 0 Å². The number of benzene rings is 1. The second-order valence-corrected chi connectivity index (χ2v) is 6.42. The monoisotopic (exact) mass is 290 g/mol. The molecule has 118 valence electrons. The molecule has 2 rings (SSSR count). The summed E-state index contributed by atoms with van der Waals surface area (Å²) in [5.74, 6) is 0.582. The van der Waals surface area contributed by atoms with Gasteiger partial charge < -0.3 is 15.0 Å². The first-order chi connectivity index (χ1) is 10.1. The zero-order valence-electron chi connectivity index (χ0n) is 13.9. The summed E-state index contributed by atoms with van der Waals surface area (Å²) in [5, 5.41) is 3.67. The quantitative estimate of drug-likeness (QED) is 0.871. The molecule has 1 N–H and O–H groups in total. The predicted octanol–water partition coefficient (Wildman–Crippen LogP) is 3.18. The third-order valence-corrected chi connectivity index (χ3v) is 4.24. The minimum Gasteiger partial charge on any atom is -0.374 e. The van der Waals surface area contributed by atoms with Crippen molar-refractivity contribution in [2.45, 2.75) is 45.3 Å². The minimum absolute atomic E-state index is 0.236. The maximum Gasteiger partial charge on any atom is 0.0896 e. The van der Waals surface area contributed by atoms with Gasteiger partial charge in [0.05, 0.1) is 18.8 Å². The van der Waals surface area contributed by atoms with Crippen molar-refractivity contribution in [1.82, 2.24) is 10.2 Å². The van der Waals surface area contributed by atoms with Crippen LogP contribution in [0.1, 0.15) is 50.3 Å². The molecule has 0 radical (unpaired) electrons. The molecule has 1 aliphatic heterocycles. The average Bonchev–Trinajstić information content (AvgIpc) is 2.48. The molecule has 0 spiro atoms. The highest BCUT2D eigenvalue weighted by Crippen LogP contribution is 2.24. The lowest BCUT2D eigenvalue weighted by atomic mass is 9.96. The van der Waals surface area contributed by atoms with Gasteiger partial charge in [-0.3, -0.25) is 0 Å². The summed E-state index contributed by atoms with van der Waals surface area (Å²) in [6, 6.07) is 9.33. The van der Waals surface area contributed by atoms with Crippen LogP contribution >= 0.6 is 0 Å². The van der Waals surface area contributed by atoms with Crippen LogP contribution in [0.4, 0.5) is 0 Å². The van der Waals surface area contributed by atoms with Crippen molar-refractivity contribution in [3.63, 3.8) is 0 Å². The predicted molar refractivity (Wildman–Crippen MR) is 88.8 cm³/mol. The third kappa shape index (κ3) is 4.53. The van der Waals surface area contributed by atoms with Gasteiger partial charge >= 0.3 is 0 Å². The van der Waals surface area contributed by atoms with E-state index in [0.29, 0.717) is 5.92 Å². The fraction of sp³-hybridized carbons (Fsp3) is 0.667. The van der Waals surface area contributed by atoms with E-state index >= 15 is 0 Å². The van der Waals surface area contributed by atoms with Crippen molar-refractivity contribution < 1.29 is 4.74 Å². The first-order valence-electron chi connectivity index (χ1n) is 8.25. The summed E-state index contributed by atoms with van der Waals surface area (Å²) in [7, 11) is 2.17. The topological polar surface area (TPSA) is 24.5 Å². The van der Waals surface area contributed by atoms with Gasteiger partial charge in [0, 0.05) is 13.1 Å². The van der Waals surface area contributed by atoms with Crippen LogP contribution < -0.4 is 5.32 Å². The van der Waals surface area contributed by atoms with Gasteiger partial charge in [-0.1, -0.05) is 45.0 Å². The maximum absolute atomic E-state index is 6.04. The van der Waals surface area contributed by atoms with E-state index in [1.807, 2.05) is 0 Å². The van der Waals surface area contributed by atoms with Gasteiger partial charge in [0.2, 0.25) is 0 Å². The Hall–Kier alpha value is -0.900. The Morgan fingerprint density at radius 1 is 1.24 bits per heavy atom. The summed E-state index contributed by atoms with van der Waals surface area (Å²) in [5.41, 5.74) is 2.74. The Labute approximate surface area is 129 Å². The maximum atomic E-state index is 6.04. The number of likely N-dealkylation sites (N-methyl/N-ethyl adjacent to an activating group) is 1. The molecule has 0 amide bonds. The lowest BCUT2D eigenvalue weighted by Crippen LogP contribution is -2.46. The summed E-state index contributed by atoms with van der Waals surface area (Å²) in [6.45, 7) is 10.6. The SMILES string of the molecule is CCCNC(c1ccc(C(C)C)cc1)C1CN(C)CCO1. The van der Waals surface area contributed by atoms with Crippen molar-refractivity contribution in [2.24, 2.45) is 0 Å². The number of rotatable bonds is 6. The second-order valence-electron chi connectivity index (χ2n) is 6.42. The van der Waals surface area contributed by atoms with E-state index in [4.69, 9.17) is 4.74 Å². The lowest BCUT2D eigenvalue weighted by Gasteiger charge is -2.36. The summed E-state index contributed by atoms with van der Waals surface area (Å²) in [6.07, 6.45) is 1.38. The van der Waals surface area contributed by atoms with Crippen molar-refractivity contribution in [3.05, 3.63) is 35.4 Å². The fourth-order valence-electron chi connectivity index (χ4n) is 2.86. The van der Waals surface area contributed by atoms with Crippen LogP contribution in [0.3, 0.4) is 0 Å². The molecule has 0 bridgehead atoms. The van der Waals surface area contributed by atoms with E-state index < -0.39 is 0 Å². The fourth-order valence-corrected chi connectivity index (χ4v) is 2.86. The molecule has 1 saturated heterocycles. The van der Waals surface area contributed by atoms with Gasteiger partial charge in [-0.2, -0.15) is 0 Å². The number of ether oxygens (including phenoxy) is 1. The zero-order chi connectivity index (χ0) is 15.2. The van der Waals surface area contributed by atoms with Crippen LogP contribution in [0.5, 0.6) is 0 Å². The lowest BCUT2D eigenvalue weighted by molar-refractivity contribution is -0.0392. The van der Waals surface area contributed by atoms with Crippen molar-refractivity contribution in [1.29, 1.82) is 0 Å². The first-order valence-corrected chi connectivity index (χ1v) is 8.25. The van der Waals surface area contributed by atoms with Crippen LogP contribution in [0.2, 0.25) is 0 Å². The number of nitrogens with zero attached hydrogens (tertiary/aromatic N) is 1. The van der Waals surface area contributed by atoms with Crippen molar-refractivity contribution >= 4 is 0 Å². The van der Waals surface area contributed by atoms with Crippen molar-refractivity contribution in [2.75, 3.05) is 33.3 Å². The molecule has 1 fully saturated rings. The highest BCUT2D eigenvalue weighted by atomic mass is 16.5. The summed E-state index contributed by atoms with van der Waals surface area (Å²) in [4.78, 5) is 2.36. The molecule has 3 heteroatoms. The van der Waals surface area contributed by atoms with Crippen LogP contribution in [-0.4, -0.2) is 44.3 Å². The van der Waals surface area contributed by atoms with Gasteiger partial charge in [-0.15, -0.1) is 0 Å². The molecule has 3 nitrogen and oxygen atoms in total. The number of hydrogen-bond acceptors (Lipinski definition) is 3. The molecule has 2 atom stereocenters. The van der Waals surface area contributed by atoms with Gasteiger partial charge in [0.15, 0.2) is 0 Å². The summed E-state index contributed by atoms with van der Waals surface area (Å²) < 4.78 is 6.04. The number of morpholine rings is 1. The molecule has 0 aromatic heterocycles. The Morgan fingerprint density at radius 2 is 1.90 bits per heavy atom. The smallest absolute Gasteiger partial charge is 0.0896 e. The number of hydrogen-bond donors (Lipinski definition) is 1. The molecule has 1 aromatic carbocycles. The molecular weight excluding hydrogens is 260 g/mol. The molecule has 1 aromatic rings.